The molecule has 1 aliphatic rings. The van der Waals surface area contributed by atoms with E-state index in [4.69, 9.17) is 0 Å². The first-order valence-corrected chi connectivity index (χ1v) is 8.92. The van der Waals surface area contributed by atoms with Crippen LogP contribution in [0.2, 0.25) is 0 Å². The number of hydrogen-bond acceptors (Lipinski definition) is 3. The van der Waals surface area contributed by atoms with Crippen molar-refractivity contribution in [1.29, 1.82) is 0 Å². The highest BCUT2D eigenvalue weighted by molar-refractivity contribution is 7.91. The van der Waals surface area contributed by atoms with Gasteiger partial charge in [-0.2, -0.15) is 0 Å². The molecule has 1 aliphatic heterocycles. The molecule has 5 heteroatoms. The van der Waals surface area contributed by atoms with E-state index in [-0.39, 0.29) is 23.5 Å². The summed E-state index contributed by atoms with van der Waals surface area (Å²) in [5.41, 5.74) is 2.01. The minimum atomic E-state index is -2.87. The van der Waals surface area contributed by atoms with Gasteiger partial charge in [-0.05, 0) is 55.5 Å². The summed E-state index contributed by atoms with van der Waals surface area (Å²) in [6.07, 6.45) is 1.47. The summed E-state index contributed by atoms with van der Waals surface area (Å²) < 4.78 is 36.4. The number of rotatable bonds is 5. The molecule has 112 valence electrons. The molecule has 0 saturated carbocycles. The van der Waals surface area contributed by atoms with E-state index in [1.807, 2.05) is 13.8 Å². The monoisotopic (exact) mass is 299 g/mol. The first-order valence-electron chi connectivity index (χ1n) is 7.10. The number of likely N-dealkylation sites (N-methyl/N-ethyl adjacent to an activating group) is 1. The molecular weight excluding hydrogens is 277 g/mol. The van der Waals surface area contributed by atoms with Crippen molar-refractivity contribution in [2.24, 2.45) is 5.92 Å². The summed E-state index contributed by atoms with van der Waals surface area (Å²) in [7, 11) is -2.87. The second kappa shape index (κ2) is 6.22. The first kappa shape index (κ1) is 15.4. The minimum Gasteiger partial charge on any atom is -0.314 e. The lowest BCUT2D eigenvalue weighted by molar-refractivity contribution is 0.385. The normalized spacial score (nSPS) is 22.9. The van der Waals surface area contributed by atoms with Gasteiger partial charge in [-0.25, -0.2) is 12.8 Å². The first-order chi connectivity index (χ1) is 9.41. The van der Waals surface area contributed by atoms with Crippen molar-refractivity contribution in [1.82, 2.24) is 5.32 Å². The average Bonchev–Trinajstić information content (AvgIpc) is 2.72. The molecule has 20 heavy (non-hydrogen) atoms. The molecule has 2 atom stereocenters. The van der Waals surface area contributed by atoms with Crippen LogP contribution in [0, 0.1) is 18.7 Å². The Morgan fingerprint density at radius 1 is 1.45 bits per heavy atom. The van der Waals surface area contributed by atoms with Crippen molar-refractivity contribution in [2.75, 3.05) is 18.1 Å². The highest BCUT2D eigenvalue weighted by Crippen LogP contribution is 2.25. The second-order valence-corrected chi connectivity index (χ2v) is 7.83. The number of nitrogens with one attached hydrogen (secondary N) is 1. The molecule has 0 aliphatic carbocycles. The SMILES string of the molecule is CCNC(Cc1ccc(F)cc1C)C1CCS(=O)(=O)C1. The Morgan fingerprint density at radius 3 is 2.75 bits per heavy atom. The molecule has 0 spiro atoms. The van der Waals surface area contributed by atoms with E-state index in [1.54, 1.807) is 6.07 Å². The lowest BCUT2D eigenvalue weighted by Crippen LogP contribution is -2.38. The zero-order chi connectivity index (χ0) is 14.8. The molecule has 2 unspecified atom stereocenters. The van der Waals surface area contributed by atoms with Gasteiger partial charge in [0.1, 0.15) is 5.82 Å². The fourth-order valence-electron chi connectivity index (χ4n) is 2.93. The number of hydrogen-bond donors (Lipinski definition) is 1. The van der Waals surface area contributed by atoms with E-state index in [0.29, 0.717) is 5.75 Å². The second-order valence-electron chi connectivity index (χ2n) is 5.60. The molecular formula is C15H22FNO2S. The van der Waals surface area contributed by atoms with Crippen molar-refractivity contribution in [3.8, 4) is 0 Å². The van der Waals surface area contributed by atoms with Crippen LogP contribution in [0.4, 0.5) is 4.39 Å². The average molecular weight is 299 g/mol. The van der Waals surface area contributed by atoms with E-state index < -0.39 is 9.84 Å². The van der Waals surface area contributed by atoms with Crippen LogP contribution in [-0.2, 0) is 16.3 Å². The van der Waals surface area contributed by atoms with Crippen LogP contribution in [-0.4, -0.2) is 32.5 Å². The molecule has 1 aromatic carbocycles. The molecule has 1 saturated heterocycles. The highest BCUT2D eigenvalue weighted by Gasteiger charge is 2.33. The Morgan fingerprint density at radius 2 is 2.20 bits per heavy atom. The minimum absolute atomic E-state index is 0.140. The number of halogens is 1. The molecule has 1 aromatic rings. The highest BCUT2D eigenvalue weighted by atomic mass is 32.2. The van der Waals surface area contributed by atoms with Crippen molar-refractivity contribution in [3.05, 3.63) is 35.1 Å². The largest absolute Gasteiger partial charge is 0.314 e. The lowest BCUT2D eigenvalue weighted by Gasteiger charge is -2.24. The maximum Gasteiger partial charge on any atom is 0.150 e. The fraction of sp³-hybridized carbons (Fsp3) is 0.600. The third kappa shape index (κ3) is 3.79. The summed E-state index contributed by atoms with van der Waals surface area (Å²) in [5, 5.41) is 3.39. The van der Waals surface area contributed by atoms with Gasteiger partial charge in [0, 0.05) is 6.04 Å². The van der Waals surface area contributed by atoms with Crippen LogP contribution in [0.15, 0.2) is 18.2 Å². The van der Waals surface area contributed by atoms with E-state index >= 15 is 0 Å². The van der Waals surface area contributed by atoms with Crippen molar-refractivity contribution in [2.45, 2.75) is 32.7 Å². The van der Waals surface area contributed by atoms with Gasteiger partial charge in [-0.15, -0.1) is 0 Å². The zero-order valence-electron chi connectivity index (χ0n) is 12.0. The van der Waals surface area contributed by atoms with Crippen molar-refractivity contribution in [3.63, 3.8) is 0 Å². The van der Waals surface area contributed by atoms with Crippen LogP contribution >= 0.6 is 0 Å². The maximum atomic E-state index is 13.1. The van der Waals surface area contributed by atoms with Gasteiger partial charge in [0.25, 0.3) is 0 Å². The van der Waals surface area contributed by atoms with E-state index in [1.165, 1.54) is 12.1 Å². The molecule has 0 bridgehead atoms. The Labute approximate surface area is 120 Å². The third-order valence-corrected chi connectivity index (χ3v) is 5.84. The molecule has 3 nitrogen and oxygen atoms in total. The third-order valence-electron chi connectivity index (χ3n) is 4.05. The maximum absolute atomic E-state index is 13.1. The fourth-order valence-corrected chi connectivity index (χ4v) is 4.81. The zero-order valence-corrected chi connectivity index (χ0v) is 12.8. The van der Waals surface area contributed by atoms with Gasteiger partial charge >= 0.3 is 0 Å². The van der Waals surface area contributed by atoms with Crippen LogP contribution in [0.5, 0.6) is 0 Å². The molecule has 0 radical (unpaired) electrons. The van der Waals surface area contributed by atoms with Gasteiger partial charge < -0.3 is 5.32 Å². The summed E-state index contributed by atoms with van der Waals surface area (Å²) in [5.74, 6) is 0.492. The van der Waals surface area contributed by atoms with Gasteiger partial charge in [-0.1, -0.05) is 13.0 Å². The van der Waals surface area contributed by atoms with Crippen molar-refractivity contribution < 1.29 is 12.8 Å². The smallest absolute Gasteiger partial charge is 0.150 e. The van der Waals surface area contributed by atoms with Crippen LogP contribution in [0.1, 0.15) is 24.5 Å². The molecule has 0 amide bonds. The molecule has 1 heterocycles. The van der Waals surface area contributed by atoms with Gasteiger partial charge in [0.15, 0.2) is 9.84 Å². The lowest BCUT2D eigenvalue weighted by atomic mass is 9.91. The quantitative estimate of drug-likeness (QED) is 0.905. The Bertz CT molecular complexity index is 571. The van der Waals surface area contributed by atoms with Gasteiger partial charge in [0.05, 0.1) is 11.5 Å². The number of benzene rings is 1. The number of sulfone groups is 1. The Kier molecular flexibility index (Phi) is 4.81. The predicted molar refractivity (Wildman–Crippen MR) is 79.1 cm³/mol. The van der Waals surface area contributed by atoms with Crippen molar-refractivity contribution >= 4 is 9.84 Å². The Balaban J connectivity index is 2.13. The van der Waals surface area contributed by atoms with E-state index in [9.17, 15) is 12.8 Å². The summed E-state index contributed by atoms with van der Waals surface area (Å²) in [6, 6.07) is 4.94. The molecule has 0 aromatic heterocycles. The Hall–Kier alpha value is -0.940. The summed E-state index contributed by atoms with van der Waals surface area (Å²) in [6.45, 7) is 4.72. The molecule has 1 fully saturated rings. The topological polar surface area (TPSA) is 46.2 Å². The van der Waals surface area contributed by atoms with Crippen LogP contribution in [0.25, 0.3) is 0 Å². The van der Waals surface area contributed by atoms with E-state index in [0.717, 1.165) is 30.5 Å². The summed E-state index contributed by atoms with van der Waals surface area (Å²) in [4.78, 5) is 0. The number of aryl methyl sites for hydroxylation is 1. The summed E-state index contributed by atoms with van der Waals surface area (Å²) >= 11 is 0. The van der Waals surface area contributed by atoms with Crippen LogP contribution in [0.3, 0.4) is 0 Å². The van der Waals surface area contributed by atoms with Gasteiger partial charge in [-0.3, -0.25) is 0 Å². The molecule has 2 rings (SSSR count). The van der Waals surface area contributed by atoms with Gasteiger partial charge in [0.2, 0.25) is 0 Å². The predicted octanol–water partition coefficient (Wildman–Crippen LogP) is 2.09. The standard InChI is InChI=1S/C15H22FNO2S/c1-3-17-15(13-6-7-20(18,19)10-13)9-12-4-5-14(16)8-11(12)2/h4-5,8,13,15,17H,3,6-7,9-10H2,1-2H3. The molecule has 1 N–H and O–H groups in total. The van der Waals surface area contributed by atoms with E-state index in [2.05, 4.69) is 5.32 Å². The van der Waals surface area contributed by atoms with Crippen LogP contribution < -0.4 is 5.32 Å².